The molecule has 1 aliphatic heterocycles. The van der Waals surface area contributed by atoms with Crippen molar-refractivity contribution in [2.24, 2.45) is 11.3 Å². The second-order valence-electron chi connectivity index (χ2n) is 6.20. The highest BCUT2D eigenvalue weighted by molar-refractivity contribution is 6.35. The van der Waals surface area contributed by atoms with Gasteiger partial charge in [0.05, 0.1) is 13.0 Å². The van der Waals surface area contributed by atoms with E-state index in [0.717, 1.165) is 0 Å². The molecule has 1 heterocycles. The van der Waals surface area contributed by atoms with Crippen LogP contribution in [0.2, 0.25) is 10.0 Å². The molecule has 0 bridgehead atoms. The third-order valence-electron chi connectivity index (χ3n) is 4.22. The number of esters is 2. The van der Waals surface area contributed by atoms with Gasteiger partial charge in [0.25, 0.3) is 0 Å². The summed E-state index contributed by atoms with van der Waals surface area (Å²) in [7, 11) is 1.28. The molecule has 0 saturated carbocycles. The van der Waals surface area contributed by atoms with E-state index >= 15 is 0 Å². The molecule has 24 heavy (non-hydrogen) atoms. The fraction of sp³-hybridized carbons (Fsp3) is 0.471. The van der Waals surface area contributed by atoms with Gasteiger partial charge in [-0.3, -0.25) is 14.4 Å². The standard InChI is InChI=1S/C17H18Cl2O5/c1-17(2)15(21)11(6-7-13(20)23-3)14(24-16(17)22)10-5-4-9(18)8-12(10)19/h4-5,8,11,14H,6-7H2,1-3H3/t11-,14+/m0/s1. The second kappa shape index (κ2) is 7.11. The minimum absolute atomic E-state index is 0.0439. The number of cyclic esters (lactones) is 1. The highest BCUT2D eigenvalue weighted by Crippen LogP contribution is 2.44. The lowest BCUT2D eigenvalue weighted by Gasteiger charge is -2.38. The van der Waals surface area contributed by atoms with E-state index in [1.807, 2.05) is 0 Å². The highest BCUT2D eigenvalue weighted by Gasteiger charge is 2.51. The average Bonchev–Trinajstić information content (AvgIpc) is 2.52. The van der Waals surface area contributed by atoms with Gasteiger partial charge in [0, 0.05) is 22.0 Å². The van der Waals surface area contributed by atoms with Crippen LogP contribution in [0.25, 0.3) is 0 Å². The van der Waals surface area contributed by atoms with Crippen molar-refractivity contribution in [2.45, 2.75) is 32.8 Å². The molecule has 130 valence electrons. The number of carbonyl (C=O) groups is 3. The van der Waals surface area contributed by atoms with E-state index in [1.165, 1.54) is 27.0 Å². The van der Waals surface area contributed by atoms with Crippen molar-refractivity contribution in [3.8, 4) is 0 Å². The normalized spacial score (nSPS) is 22.9. The lowest BCUT2D eigenvalue weighted by Crippen LogP contribution is -2.47. The van der Waals surface area contributed by atoms with Gasteiger partial charge in [-0.15, -0.1) is 0 Å². The maximum Gasteiger partial charge on any atom is 0.319 e. The number of ether oxygens (including phenoxy) is 2. The first kappa shape index (κ1) is 18.7. The van der Waals surface area contributed by atoms with Crippen LogP contribution in [0.4, 0.5) is 0 Å². The van der Waals surface area contributed by atoms with Crippen LogP contribution in [0, 0.1) is 11.3 Å². The molecule has 0 amide bonds. The number of hydrogen-bond donors (Lipinski definition) is 0. The third-order valence-corrected chi connectivity index (χ3v) is 4.78. The summed E-state index contributed by atoms with van der Waals surface area (Å²) >= 11 is 12.1. The maximum absolute atomic E-state index is 12.8. The number of Topliss-reactive ketones (excluding diaryl/α,β-unsaturated/α-hetero) is 1. The van der Waals surface area contributed by atoms with E-state index in [-0.39, 0.29) is 18.6 Å². The van der Waals surface area contributed by atoms with Crippen LogP contribution in [0.15, 0.2) is 18.2 Å². The zero-order valence-electron chi connectivity index (χ0n) is 13.6. The molecule has 2 atom stereocenters. The average molecular weight is 373 g/mol. The fourth-order valence-electron chi connectivity index (χ4n) is 2.72. The van der Waals surface area contributed by atoms with E-state index in [2.05, 4.69) is 4.74 Å². The van der Waals surface area contributed by atoms with Gasteiger partial charge in [-0.1, -0.05) is 29.3 Å². The predicted octanol–water partition coefficient (Wildman–Crippen LogP) is 3.76. The Kier molecular flexibility index (Phi) is 5.56. The summed E-state index contributed by atoms with van der Waals surface area (Å²) in [4.78, 5) is 36.5. The Labute approximate surface area is 150 Å². The van der Waals surface area contributed by atoms with Crippen LogP contribution in [0.5, 0.6) is 0 Å². The number of hydrogen-bond acceptors (Lipinski definition) is 5. The zero-order chi connectivity index (χ0) is 18.1. The first-order chi connectivity index (χ1) is 11.2. The van der Waals surface area contributed by atoms with Gasteiger partial charge in [-0.2, -0.15) is 0 Å². The first-order valence-electron chi connectivity index (χ1n) is 7.45. The molecule has 1 aromatic carbocycles. The molecule has 0 spiro atoms. The van der Waals surface area contributed by atoms with Crippen molar-refractivity contribution in [3.05, 3.63) is 33.8 Å². The second-order valence-corrected chi connectivity index (χ2v) is 7.05. The van der Waals surface area contributed by atoms with Crippen LogP contribution >= 0.6 is 23.2 Å². The summed E-state index contributed by atoms with van der Waals surface area (Å²) in [6, 6.07) is 4.76. The molecule has 0 unspecified atom stereocenters. The van der Waals surface area contributed by atoms with Crippen LogP contribution in [-0.4, -0.2) is 24.8 Å². The molecule has 1 aromatic rings. The van der Waals surface area contributed by atoms with Gasteiger partial charge >= 0.3 is 11.9 Å². The number of methoxy groups -OCH3 is 1. The molecule has 1 fully saturated rings. The van der Waals surface area contributed by atoms with E-state index in [4.69, 9.17) is 27.9 Å². The monoisotopic (exact) mass is 372 g/mol. The lowest BCUT2D eigenvalue weighted by molar-refractivity contribution is -0.179. The smallest absolute Gasteiger partial charge is 0.319 e. The van der Waals surface area contributed by atoms with E-state index in [1.54, 1.807) is 12.1 Å². The predicted molar refractivity (Wildman–Crippen MR) is 88.8 cm³/mol. The van der Waals surface area contributed by atoms with E-state index < -0.39 is 29.4 Å². The van der Waals surface area contributed by atoms with Gasteiger partial charge < -0.3 is 9.47 Å². The Hall–Kier alpha value is -1.59. The van der Waals surface area contributed by atoms with Gasteiger partial charge in [0.2, 0.25) is 0 Å². The van der Waals surface area contributed by atoms with Crippen LogP contribution in [0.1, 0.15) is 38.4 Å². The molecule has 0 N–H and O–H groups in total. The number of benzene rings is 1. The van der Waals surface area contributed by atoms with Crippen LogP contribution in [0.3, 0.4) is 0 Å². The van der Waals surface area contributed by atoms with Gasteiger partial charge in [-0.25, -0.2) is 0 Å². The Morgan fingerprint density at radius 1 is 1.29 bits per heavy atom. The lowest BCUT2D eigenvalue weighted by atomic mass is 9.73. The number of carbonyl (C=O) groups excluding carboxylic acids is 3. The first-order valence-corrected chi connectivity index (χ1v) is 8.21. The van der Waals surface area contributed by atoms with Gasteiger partial charge in [-0.05, 0) is 32.4 Å². The van der Waals surface area contributed by atoms with Crippen molar-refractivity contribution in [2.75, 3.05) is 7.11 Å². The molecule has 1 saturated heterocycles. The molecular formula is C17H18Cl2O5. The summed E-state index contributed by atoms with van der Waals surface area (Å²) in [5, 5.41) is 0.736. The molecule has 7 heteroatoms. The Morgan fingerprint density at radius 3 is 2.54 bits per heavy atom. The molecule has 1 aliphatic rings. The minimum atomic E-state index is -1.27. The summed E-state index contributed by atoms with van der Waals surface area (Å²) in [6.07, 6.45) is -0.610. The third kappa shape index (κ3) is 3.57. The van der Waals surface area contributed by atoms with E-state index in [9.17, 15) is 14.4 Å². The SMILES string of the molecule is COC(=O)CC[C@@H]1C(=O)C(C)(C)C(=O)O[C@@H]1c1ccc(Cl)cc1Cl. The summed E-state index contributed by atoms with van der Waals surface area (Å²) < 4.78 is 10.1. The Bertz CT molecular complexity index is 684. The van der Waals surface area contributed by atoms with Crippen LogP contribution < -0.4 is 0 Å². The quantitative estimate of drug-likeness (QED) is 0.594. The molecule has 0 radical (unpaired) electrons. The maximum atomic E-state index is 12.8. The van der Waals surface area contributed by atoms with Crippen molar-refractivity contribution < 1.29 is 23.9 Å². The Morgan fingerprint density at radius 2 is 1.96 bits per heavy atom. The largest absolute Gasteiger partial charge is 0.469 e. The minimum Gasteiger partial charge on any atom is -0.469 e. The summed E-state index contributed by atoms with van der Waals surface area (Å²) in [6.45, 7) is 3.03. The molecule has 0 aliphatic carbocycles. The van der Waals surface area contributed by atoms with Crippen LogP contribution in [-0.2, 0) is 23.9 Å². The number of ketones is 1. The summed E-state index contributed by atoms with van der Waals surface area (Å²) in [5.74, 6) is -2.01. The van der Waals surface area contributed by atoms with Crippen molar-refractivity contribution in [1.82, 2.24) is 0 Å². The molecule has 5 nitrogen and oxygen atoms in total. The zero-order valence-corrected chi connectivity index (χ0v) is 15.1. The highest BCUT2D eigenvalue weighted by atomic mass is 35.5. The van der Waals surface area contributed by atoms with Gasteiger partial charge in [0.1, 0.15) is 11.5 Å². The molecule has 2 rings (SSSR count). The van der Waals surface area contributed by atoms with Gasteiger partial charge in [0.15, 0.2) is 5.78 Å². The topological polar surface area (TPSA) is 69.7 Å². The molecule has 0 aromatic heterocycles. The fourth-order valence-corrected chi connectivity index (χ4v) is 3.23. The van der Waals surface area contributed by atoms with E-state index in [0.29, 0.717) is 15.6 Å². The van der Waals surface area contributed by atoms with Crippen molar-refractivity contribution in [1.29, 1.82) is 0 Å². The number of halogens is 2. The summed E-state index contributed by atoms with van der Waals surface area (Å²) in [5.41, 5.74) is -0.774. The van der Waals surface area contributed by atoms with Crippen molar-refractivity contribution in [3.63, 3.8) is 0 Å². The van der Waals surface area contributed by atoms with Crippen molar-refractivity contribution >= 4 is 40.9 Å². The number of rotatable bonds is 4. The Balaban J connectivity index is 2.39. The molecular weight excluding hydrogens is 355 g/mol.